The van der Waals surface area contributed by atoms with Crippen LogP contribution in [0.4, 0.5) is 0 Å². The van der Waals surface area contributed by atoms with Gasteiger partial charge in [-0.2, -0.15) is 10.1 Å². The second kappa shape index (κ2) is 10.6. The Balaban J connectivity index is 1.42. The average molecular weight is 524 g/mol. The van der Waals surface area contributed by atoms with Crippen LogP contribution in [0.2, 0.25) is 0 Å². The van der Waals surface area contributed by atoms with Crippen LogP contribution in [0.15, 0.2) is 18.7 Å². The largest absolute Gasteiger partial charge is 0.462 e. The Morgan fingerprint density at radius 3 is 1.62 bits per heavy atom. The highest BCUT2D eigenvalue weighted by atomic mass is 16.6. The predicted octanol–water partition coefficient (Wildman–Crippen LogP) is 3.46. The number of ether oxygens (including phenoxy) is 2. The van der Waals surface area contributed by atoms with E-state index in [9.17, 15) is 20.0 Å². The van der Waals surface area contributed by atoms with E-state index in [-0.39, 0.29) is 37.0 Å². The minimum Gasteiger partial charge on any atom is -0.462 e. The summed E-state index contributed by atoms with van der Waals surface area (Å²) in [6, 6.07) is 0. The van der Waals surface area contributed by atoms with E-state index in [1.165, 1.54) is 10.1 Å². The molecule has 0 aliphatic carbocycles. The summed E-state index contributed by atoms with van der Waals surface area (Å²) >= 11 is 0. The summed E-state index contributed by atoms with van der Waals surface area (Å²) in [4.78, 5) is 25.0. The number of aryl methyl sites for hydroxylation is 2. The van der Waals surface area contributed by atoms with Gasteiger partial charge in [0.05, 0.1) is 12.8 Å². The summed E-state index contributed by atoms with van der Waals surface area (Å²) in [5.41, 5.74) is -1.88. The molecule has 2 aliphatic heterocycles. The quantitative estimate of drug-likeness (QED) is 0.394. The summed E-state index contributed by atoms with van der Waals surface area (Å²) in [6.07, 6.45) is 7.93. The average Bonchev–Trinajstić information content (AvgIpc) is 3.20. The Bertz CT molecular complexity index is 859. The first kappa shape index (κ1) is 29.5. The maximum Gasteiger partial charge on any atom is 0.310 e. The molecule has 37 heavy (non-hydrogen) atoms. The first-order valence-corrected chi connectivity index (χ1v) is 13.3. The fourth-order valence-electron chi connectivity index (χ4n) is 6.16. The van der Waals surface area contributed by atoms with Crippen LogP contribution >= 0.6 is 0 Å². The maximum atomic E-state index is 12.5. The number of esters is 2. The Labute approximate surface area is 221 Å². The van der Waals surface area contributed by atoms with E-state index in [0.29, 0.717) is 38.8 Å². The van der Waals surface area contributed by atoms with Crippen LogP contribution in [0.5, 0.6) is 0 Å². The Morgan fingerprint density at radius 2 is 1.19 bits per heavy atom. The lowest BCUT2D eigenvalue weighted by atomic mass is 9.80. The van der Waals surface area contributed by atoms with Crippen LogP contribution in [0.1, 0.15) is 93.9 Å². The van der Waals surface area contributed by atoms with Crippen LogP contribution in [0.3, 0.4) is 0 Å². The van der Waals surface area contributed by atoms with Gasteiger partial charge < -0.3 is 19.9 Å². The molecule has 0 amide bonds. The van der Waals surface area contributed by atoms with E-state index in [4.69, 9.17) is 9.47 Å². The van der Waals surface area contributed by atoms with Gasteiger partial charge in [-0.05, 0) is 55.4 Å². The van der Waals surface area contributed by atoms with Crippen molar-refractivity contribution in [3.05, 3.63) is 18.7 Å². The second-order valence-electron chi connectivity index (χ2n) is 13.3. The van der Waals surface area contributed by atoms with Gasteiger partial charge >= 0.3 is 11.9 Å². The molecule has 10 nitrogen and oxygen atoms in total. The third-order valence-electron chi connectivity index (χ3n) is 7.69. The molecule has 0 aromatic carbocycles. The lowest BCUT2D eigenvalue weighted by molar-refractivity contribution is -0.695. The number of carbonyl (C=O) groups is 2. The number of nitrogens with zero attached hydrogens (tertiary/aromatic N) is 4. The Kier molecular flexibility index (Phi) is 8.49. The highest BCUT2D eigenvalue weighted by Gasteiger charge is 2.47. The fraction of sp³-hybridized carbons (Fsp3) is 0.815. The van der Waals surface area contributed by atoms with Crippen molar-refractivity contribution in [1.29, 1.82) is 0 Å². The normalized spacial score (nSPS) is 24.1. The predicted molar refractivity (Wildman–Crippen MR) is 136 cm³/mol. The van der Waals surface area contributed by atoms with E-state index >= 15 is 0 Å². The molecule has 2 aliphatic rings. The van der Waals surface area contributed by atoms with Crippen LogP contribution in [-0.4, -0.2) is 71.4 Å². The van der Waals surface area contributed by atoms with E-state index in [0.717, 1.165) is 0 Å². The van der Waals surface area contributed by atoms with Gasteiger partial charge in [0.15, 0.2) is 0 Å². The summed E-state index contributed by atoms with van der Waals surface area (Å²) in [5.74, 6) is -0.516. The fourth-order valence-corrected chi connectivity index (χ4v) is 6.16. The first-order chi connectivity index (χ1) is 16.9. The van der Waals surface area contributed by atoms with Crippen molar-refractivity contribution >= 4 is 11.9 Å². The van der Waals surface area contributed by atoms with Crippen molar-refractivity contribution in [2.24, 2.45) is 0 Å². The van der Waals surface area contributed by atoms with E-state index in [2.05, 4.69) is 0 Å². The number of hydrogen-bond acceptors (Lipinski definition) is 8. The summed E-state index contributed by atoms with van der Waals surface area (Å²) < 4.78 is 15.3. The van der Waals surface area contributed by atoms with Gasteiger partial charge in [0, 0.05) is 47.8 Å². The maximum absolute atomic E-state index is 12.5. The topological polar surface area (TPSA) is 108 Å². The van der Waals surface area contributed by atoms with Crippen molar-refractivity contribution in [3.63, 3.8) is 0 Å². The van der Waals surface area contributed by atoms with E-state index in [1.807, 2.05) is 83.2 Å². The smallest absolute Gasteiger partial charge is 0.310 e. The van der Waals surface area contributed by atoms with Gasteiger partial charge in [-0.3, -0.25) is 9.59 Å². The lowest BCUT2D eigenvalue weighted by Crippen LogP contribution is -2.60. The standard InChI is InChI=1S/C27H47N4O6/c1-24(2)15-20(16-25(3,4)30(24)34)36-22(32)9-11-28-13-14-29(19-28)12-10-23(33)37-21-17-26(5,6)31(35)27(7,8)18-21/h13-14,19-21,34-35H,9-12,15-18H2,1-8H3/q+1. The van der Waals surface area contributed by atoms with Gasteiger partial charge in [0.25, 0.3) is 0 Å². The molecule has 1 aromatic heterocycles. The molecule has 0 spiro atoms. The molecule has 1 aromatic rings. The minimum absolute atomic E-state index is 0.234. The van der Waals surface area contributed by atoms with Crippen molar-refractivity contribution < 1.29 is 34.0 Å². The van der Waals surface area contributed by atoms with Crippen molar-refractivity contribution in [2.75, 3.05) is 0 Å². The molecule has 0 atom stereocenters. The van der Waals surface area contributed by atoms with Crippen molar-refractivity contribution in [2.45, 2.75) is 141 Å². The number of hydroxylamine groups is 4. The van der Waals surface area contributed by atoms with Crippen molar-refractivity contribution in [1.82, 2.24) is 14.7 Å². The van der Waals surface area contributed by atoms with E-state index in [1.54, 1.807) is 0 Å². The number of carbonyl (C=O) groups excluding carboxylic acids is 2. The van der Waals surface area contributed by atoms with Crippen LogP contribution in [0, 0.1) is 0 Å². The first-order valence-electron chi connectivity index (χ1n) is 13.3. The molecule has 0 saturated carbocycles. The summed E-state index contributed by atoms with van der Waals surface area (Å²) in [6.45, 7) is 16.5. The molecule has 2 fully saturated rings. The molecule has 3 heterocycles. The molecule has 0 bridgehead atoms. The zero-order valence-electron chi connectivity index (χ0n) is 23.9. The molecular weight excluding hydrogens is 476 g/mol. The van der Waals surface area contributed by atoms with Gasteiger partial charge in [0.1, 0.15) is 37.7 Å². The molecule has 2 N–H and O–H groups in total. The van der Waals surface area contributed by atoms with Crippen molar-refractivity contribution in [3.8, 4) is 0 Å². The van der Waals surface area contributed by atoms with Crippen LogP contribution < -0.4 is 4.57 Å². The van der Waals surface area contributed by atoms with Gasteiger partial charge in [-0.1, -0.05) is 0 Å². The summed E-state index contributed by atoms with van der Waals surface area (Å²) in [7, 11) is 0. The number of piperidine rings is 2. The second-order valence-corrected chi connectivity index (χ2v) is 13.3. The van der Waals surface area contributed by atoms with Crippen LogP contribution in [0.25, 0.3) is 0 Å². The molecular formula is C27H47N4O6+. The van der Waals surface area contributed by atoms with Gasteiger partial charge in [-0.15, -0.1) is 0 Å². The third-order valence-corrected chi connectivity index (χ3v) is 7.69. The third kappa shape index (κ3) is 7.31. The number of hydrogen-bond donors (Lipinski definition) is 2. The highest BCUT2D eigenvalue weighted by Crippen LogP contribution is 2.39. The zero-order chi connectivity index (χ0) is 27.8. The Hall–Kier alpha value is -2.01. The van der Waals surface area contributed by atoms with Gasteiger partial charge in [0.2, 0.25) is 6.33 Å². The zero-order valence-corrected chi connectivity index (χ0v) is 23.9. The number of aromatic nitrogens is 2. The molecule has 0 radical (unpaired) electrons. The number of rotatable bonds is 8. The molecule has 0 unspecified atom stereocenters. The number of imidazole rings is 1. The molecule has 2 saturated heterocycles. The SMILES string of the molecule is CC1(C)CC(OC(=O)CCn2cc[n+](CCC(=O)OC3CC(C)(C)N(O)C(C)(C)C3)c2)CC(C)(C)N1O. The molecule has 10 heteroatoms. The van der Waals surface area contributed by atoms with Crippen LogP contribution in [-0.2, 0) is 32.2 Å². The monoisotopic (exact) mass is 523 g/mol. The lowest BCUT2D eigenvalue weighted by Gasteiger charge is -2.50. The molecule has 3 rings (SSSR count). The van der Waals surface area contributed by atoms with Gasteiger partial charge in [-0.25, -0.2) is 9.13 Å². The minimum atomic E-state index is -0.470. The summed E-state index contributed by atoms with van der Waals surface area (Å²) in [5, 5.41) is 23.6. The molecule has 210 valence electrons. The highest BCUT2D eigenvalue weighted by molar-refractivity contribution is 5.69. The Morgan fingerprint density at radius 1 is 0.784 bits per heavy atom. The van der Waals surface area contributed by atoms with E-state index < -0.39 is 22.2 Å².